The number of amides is 1. The number of hydrogen-bond acceptors (Lipinski definition) is 6. The Balaban J connectivity index is 1.70. The van der Waals surface area contributed by atoms with Crippen LogP contribution < -0.4 is 9.47 Å². The van der Waals surface area contributed by atoms with Crippen LogP contribution in [0.3, 0.4) is 0 Å². The minimum Gasteiger partial charge on any atom is -0.507 e. The average molecular weight is 504 g/mol. The molecule has 1 aliphatic heterocycles. The number of ether oxygens (including phenoxy) is 2. The van der Waals surface area contributed by atoms with Gasteiger partial charge in [-0.05, 0) is 61.7 Å². The van der Waals surface area contributed by atoms with Crippen molar-refractivity contribution in [3.05, 3.63) is 84.0 Å². The van der Waals surface area contributed by atoms with Crippen LogP contribution in [0.1, 0.15) is 50.3 Å². The maximum absolute atomic E-state index is 13.3. The second-order valence-corrected chi connectivity index (χ2v) is 8.88. The SMILES string of the molecule is CCCCOc1cccc(C2C(=C(O)c3ccc(OCC)cc3)C(=O)C(=O)N2CCCn2ccnc2)c1. The molecule has 4 rings (SSSR count). The normalized spacial score (nSPS) is 16.8. The Bertz CT molecular complexity index is 1230. The summed E-state index contributed by atoms with van der Waals surface area (Å²) >= 11 is 0. The number of aliphatic hydroxyl groups is 1. The van der Waals surface area contributed by atoms with Crippen LogP contribution in [0.4, 0.5) is 0 Å². The molecule has 1 aromatic heterocycles. The first-order valence-corrected chi connectivity index (χ1v) is 12.7. The molecule has 1 fully saturated rings. The van der Waals surface area contributed by atoms with Crippen molar-refractivity contribution in [1.29, 1.82) is 0 Å². The summed E-state index contributed by atoms with van der Waals surface area (Å²) in [6.45, 7) is 6.08. The Morgan fingerprint density at radius 2 is 1.81 bits per heavy atom. The lowest BCUT2D eigenvalue weighted by Crippen LogP contribution is -2.31. The molecule has 1 amide bonds. The molecule has 37 heavy (non-hydrogen) atoms. The zero-order chi connectivity index (χ0) is 26.2. The molecule has 2 aromatic carbocycles. The van der Waals surface area contributed by atoms with Crippen molar-refractivity contribution < 1.29 is 24.2 Å². The number of Topliss-reactive ketones (excluding diaryl/α,β-unsaturated/α-hetero) is 1. The standard InChI is InChI=1S/C29H33N3O5/c1-3-5-18-37-24-9-6-8-22(19-24)26-25(27(33)21-10-12-23(13-11-21)36-4-2)28(34)29(35)32(26)16-7-15-31-17-14-30-20-31/h6,8-14,17,19-20,26,33H,3-5,7,15-16,18H2,1-2H3. The van der Waals surface area contributed by atoms with E-state index in [0.717, 1.165) is 12.8 Å². The third-order valence-electron chi connectivity index (χ3n) is 6.29. The van der Waals surface area contributed by atoms with Crippen molar-refractivity contribution >= 4 is 17.4 Å². The molecule has 8 heteroatoms. The fraction of sp³-hybridized carbons (Fsp3) is 0.345. The lowest BCUT2D eigenvalue weighted by molar-refractivity contribution is -0.139. The molecule has 1 N–H and O–H groups in total. The first-order valence-electron chi connectivity index (χ1n) is 12.7. The zero-order valence-electron chi connectivity index (χ0n) is 21.3. The van der Waals surface area contributed by atoms with Crippen molar-refractivity contribution in [2.24, 2.45) is 0 Å². The minimum atomic E-state index is -0.732. The van der Waals surface area contributed by atoms with Crippen molar-refractivity contribution in [3.63, 3.8) is 0 Å². The molecular weight excluding hydrogens is 470 g/mol. The quantitative estimate of drug-likeness (QED) is 0.162. The lowest BCUT2D eigenvalue weighted by atomic mass is 9.95. The molecule has 2 heterocycles. The average Bonchev–Trinajstić information content (AvgIpc) is 3.52. The van der Waals surface area contributed by atoms with Gasteiger partial charge in [-0.25, -0.2) is 4.98 Å². The van der Waals surface area contributed by atoms with E-state index in [-0.39, 0.29) is 11.3 Å². The number of benzene rings is 2. The van der Waals surface area contributed by atoms with Gasteiger partial charge in [0, 0.05) is 31.0 Å². The Morgan fingerprint density at radius 3 is 2.51 bits per heavy atom. The van der Waals surface area contributed by atoms with Crippen LogP contribution in [-0.4, -0.2) is 51.0 Å². The number of nitrogens with zero attached hydrogens (tertiary/aromatic N) is 3. The van der Waals surface area contributed by atoms with Crippen molar-refractivity contribution in [3.8, 4) is 11.5 Å². The van der Waals surface area contributed by atoms with Crippen LogP contribution in [0.15, 0.2) is 72.8 Å². The minimum absolute atomic E-state index is 0.0718. The number of aryl methyl sites for hydroxylation is 1. The number of aromatic nitrogens is 2. The van der Waals surface area contributed by atoms with Crippen molar-refractivity contribution in [2.45, 2.75) is 45.7 Å². The van der Waals surface area contributed by atoms with Crippen molar-refractivity contribution in [2.75, 3.05) is 19.8 Å². The Hall–Kier alpha value is -4.07. The first kappa shape index (κ1) is 26.0. The van der Waals surface area contributed by atoms with Gasteiger partial charge in [0.25, 0.3) is 11.7 Å². The predicted molar refractivity (Wildman–Crippen MR) is 140 cm³/mol. The van der Waals surface area contributed by atoms with Gasteiger partial charge in [0.2, 0.25) is 0 Å². The fourth-order valence-electron chi connectivity index (χ4n) is 4.44. The smallest absolute Gasteiger partial charge is 0.295 e. The van der Waals surface area contributed by atoms with Crippen LogP contribution in [0, 0.1) is 0 Å². The third kappa shape index (κ3) is 6.02. The Morgan fingerprint density at radius 1 is 1.00 bits per heavy atom. The number of rotatable bonds is 12. The van der Waals surface area contributed by atoms with Crippen LogP contribution in [0.2, 0.25) is 0 Å². The fourth-order valence-corrected chi connectivity index (χ4v) is 4.44. The molecule has 1 atom stereocenters. The van der Waals surface area contributed by atoms with Gasteiger partial charge in [-0.2, -0.15) is 0 Å². The van der Waals surface area contributed by atoms with E-state index in [0.29, 0.717) is 55.4 Å². The van der Waals surface area contributed by atoms with E-state index in [9.17, 15) is 14.7 Å². The summed E-state index contributed by atoms with van der Waals surface area (Å²) in [6.07, 6.45) is 7.83. The molecule has 0 bridgehead atoms. The summed E-state index contributed by atoms with van der Waals surface area (Å²) in [6, 6.07) is 13.5. The molecule has 0 spiro atoms. The highest BCUT2D eigenvalue weighted by Gasteiger charge is 2.45. The molecule has 0 radical (unpaired) electrons. The highest BCUT2D eigenvalue weighted by molar-refractivity contribution is 6.46. The van der Waals surface area contributed by atoms with Gasteiger partial charge in [0.1, 0.15) is 17.3 Å². The number of aliphatic hydroxyl groups excluding tert-OH is 1. The maximum Gasteiger partial charge on any atom is 0.295 e. The van der Waals surface area contributed by atoms with E-state index in [4.69, 9.17) is 9.47 Å². The number of carbonyl (C=O) groups excluding carboxylic acids is 2. The highest BCUT2D eigenvalue weighted by atomic mass is 16.5. The molecule has 8 nitrogen and oxygen atoms in total. The maximum atomic E-state index is 13.3. The Kier molecular flexibility index (Phi) is 8.61. The van der Waals surface area contributed by atoms with Gasteiger partial charge in [-0.15, -0.1) is 0 Å². The molecule has 3 aromatic rings. The number of unbranched alkanes of at least 4 members (excludes halogenated alkanes) is 1. The molecular formula is C29H33N3O5. The van der Waals surface area contributed by atoms with Crippen LogP contribution in [-0.2, 0) is 16.1 Å². The van der Waals surface area contributed by atoms with Gasteiger partial charge < -0.3 is 24.0 Å². The summed E-state index contributed by atoms with van der Waals surface area (Å²) in [5.74, 6) is -0.207. The van der Waals surface area contributed by atoms with Crippen LogP contribution in [0.25, 0.3) is 5.76 Å². The molecule has 1 saturated heterocycles. The van der Waals surface area contributed by atoms with E-state index >= 15 is 0 Å². The predicted octanol–water partition coefficient (Wildman–Crippen LogP) is 4.97. The number of hydrogen-bond donors (Lipinski definition) is 1. The number of carbonyl (C=O) groups is 2. The largest absolute Gasteiger partial charge is 0.507 e. The van der Waals surface area contributed by atoms with Gasteiger partial charge in [-0.1, -0.05) is 25.5 Å². The summed E-state index contributed by atoms with van der Waals surface area (Å²) in [5.41, 5.74) is 1.23. The second-order valence-electron chi connectivity index (χ2n) is 8.88. The van der Waals surface area contributed by atoms with E-state index in [1.165, 1.54) is 0 Å². The monoisotopic (exact) mass is 503 g/mol. The van der Waals surface area contributed by atoms with Crippen LogP contribution >= 0.6 is 0 Å². The molecule has 0 saturated carbocycles. The third-order valence-corrected chi connectivity index (χ3v) is 6.29. The van der Waals surface area contributed by atoms with Gasteiger partial charge in [-0.3, -0.25) is 9.59 Å². The summed E-state index contributed by atoms with van der Waals surface area (Å²) in [4.78, 5) is 32.1. The van der Waals surface area contributed by atoms with Crippen LogP contribution in [0.5, 0.6) is 11.5 Å². The zero-order valence-corrected chi connectivity index (χ0v) is 21.3. The van der Waals surface area contributed by atoms with Gasteiger partial charge in [0.15, 0.2) is 0 Å². The second kappa shape index (κ2) is 12.3. The molecule has 1 aliphatic rings. The number of likely N-dealkylation sites (tertiary alicyclic amines) is 1. The summed E-state index contributed by atoms with van der Waals surface area (Å²) in [7, 11) is 0. The van der Waals surface area contributed by atoms with E-state index in [1.807, 2.05) is 42.0 Å². The van der Waals surface area contributed by atoms with Gasteiger partial charge >= 0.3 is 0 Å². The van der Waals surface area contributed by atoms with Gasteiger partial charge in [0.05, 0.1) is 31.2 Å². The molecule has 194 valence electrons. The van der Waals surface area contributed by atoms with E-state index in [2.05, 4.69) is 11.9 Å². The number of ketones is 1. The Labute approximate surface area is 217 Å². The first-order chi connectivity index (χ1) is 18.0. The topological polar surface area (TPSA) is 93.9 Å². The van der Waals surface area contributed by atoms with E-state index < -0.39 is 17.7 Å². The number of imidazole rings is 1. The molecule has 1 unspecified atom stereocenters. The summed E-state index contributed by atoms with van der Waals surface area (Å²) < 4.78 is 13.3. The summed E-state index contributed by atoms with van der Waals surface area (Å²) in [5, 5.41) is 11.3. The van der Waals surface area contributed by atoms with E-state index in [1.54, 1.807) is 41.7 Å². The lowest BCUT2D eigenvalue weighted by Gasteiger charge is -2.26. The van der Waals surface area contributed by atoms with Crippen molar-refractivity contribution in [1.82, 2.24) is 14.5 Å². The highest BCUT2D eigenvalue weighted by Crippen LogP contribution is 2.40. The molecule has 0 aliphatic carbocycles.